The lowest BCUT2D eigenvalue weighted by molar-refractivity contribution is -0.127. The van der Waals surface area contributed by atoms with Gasteiger partial charge in [0.2, 0.25) is 0 Å². The number of methoxy groups -OCH3 is 1. The number of aromatic nitrogens is 1. The van der Waals surface area contributed by atoms with E-state index in [1.165, 1.54) is 0 Å². The molecule has 5 nitrogen and oxygen atoms in total. The van der Waals surface area contributed by atoms with E-state index in [1.54, 1.807) is 18.1 Å². The topological polar surface area (TPSA) is 58.3 Å². The van der Waals surface area contributed by atoms with Crippen molar-refractivity contribution in [2.45, 2.75) is 33.1 Å². The number of nitrogens with zero attached hydrogens (tertiary/aromatic N) is 3. The van der Waals surface area contributed by atoms with Gasteiger partial charge >= 0.3 is 0 Å². The van der Waals surface area contributed by atoms with Crippen LogP contribution in [0.1, 0.15) is 36.2 Å². The van der Waals surface area contributed by atoms with E-state index in [1.807, 2.05) is 44.2 Å². The molecule has 0 N–H and O–H groups in total. The van der Waals surface area contributed by atoms with E-state index in [4.69, 9.17) is 4.74 Å². The number of benzene rings is 1. The SMILES string of the molecule is COc1ccc(-n2c(C)cc(/C=C(/C#N)C(=O)N3CCCCC3)c2C)cc1. The van der Waals surface area contributed by atoms with Crippen LogP contribution in [0.15, 0.2) is 35.9 Å². The number of hydrogen-bond donors (Lipinski definition) is 0. The van der Waals surface area contributed by atoms with Crippen LogP contribution < -0.4 is 4.74 Å². The lowest BCUT2D eigenvalue weighted by Crippen LogP contribution is -2.36. The van der Waals surface area contributed by atoms with E-state index in [0.29, 0.717) is 0 Å². The van der Waals surface area contributed by atoms with Crippen LogP contribution in [0.2, 0.25) is 0 Å². The van der Waals surface area contributed by atoms with E-state index >= 15 is 0 Å². The highest BCUT2D eigenvalue weighted by Crippen LogP contribution is 2.25. The number of amides is 1. The Kier molecular flexibility index (Phi) is 5.66. The molecule has 5 heteroatoms. The van der Waals surface area contributed by atoms with Crippen molar-refractivity contribution in [3.8, 4) is 17.5 Å². The molecule has 0 spiro atoms. The number of piperidine rings is 1. The van der Waals surface area contributed by atoms with Crippen molar-refractivity contribution in [3.63, 3.8) is 0 Å². The monoisotopic (exact) mass is 363 g/mol. The standard InChI is InChI=1S/C22H25N3O2/c1-16-13-18(14-19(15-23)22(26)24-11-5-4-6-12-24)17(2)25(16)20-7-9-21(27-3)10-8-20/h7-10,13-14H,4-6,11-12H2,1-3H3/b19-14-. The summed E-state index contributed by atoms with van der Waals surface area (Å²) >= 11 is 0. The van der Waals surface area contributed by atoms with E-state index in [-0.39, 0.29) is 11.5 Å². The van der Waals surface area contributed by atoms with Crippen LogP contribution in [0.25, 0.3) is 11.8 Å². The molecule has 0 saturated carbocycles. The zero-order valence-electron chi connectivity index (χ0n) is 16.2. The summed E-state index contributed by atoms with van der Waals surface area (Å²) in [4.78, 5) is 14.5. The molecule has 0 atom stereocenters. The molecule has 1 aromatic carbocycles. The third-order valence-corrected chi connectivity index (χ3v) is 5.09. The molecule has 2 heterocycles. The Balaban J connectivity index is 1.93. The van der Waals surface area contributed by atoms with Gasteiger partial charge in [-0.1, -0.05) is 0 Å². The smallest absolute Gasteiger partial charge is 0.264 e. The van der Waals surface area contributed by atoms with Crippen LogP contribution in [0.4, 0.5) is 0 Å². The molecular formula is C22H25N3O2. The number of carbonyl (C=O) groups is 1. The van der Waals surface area contributed by atoms with Gasteiger partial charge in [0.25, 0.3) is 5.91 Å². The molecule has 1 aromatic heterocycles. The van der Waals surface area contributed by atoms with E-state index in [9.17, 15) is 10.1 Å². The summed E-state index contributed by atoms with van der Waals surface area (Å²) in [7, 11) is 1.65. The lowest BCUT2D eigenvalue weighted by atomic mass is 10.1. The number of aryl methyl sites for hydroxylation is 1. The van der Waals surface area contributed by atoms with Gasteiger partial charge in [0.1, 0.15) is 17.4 Å². The predicted molar refractivity (Wildman–Crippen MR) is 106 cm³/mol. The Labute approximate surface area is 160 Å². The fourth-order valence-electron chi connectivity index (χ4n) is 3.63. The number of likely N-dealkylation sites (tertiary alicyclic amines) is 1. The third-order valence-electron chi connectivity index (χ3n) is 5.09. The summed E-state index contributed by atoms with van der Waals surface area (Å²) in [6.45, 7) is 5.50. The summed E-state index contributed by atoms with van der Waals surface area (Å²) < 4.78 is 7.34. The van der Waals surface area contributed by atoms with Gasteiger partial charge in [-0.05, 0) is 75.1 Å². The second-order valence-electron chi connectivity index (χ2n) is 6.88. The first-order valence-corrected chi connectivity index (χ1v) is 9.29. The van der Waals surface area contributed by atoms with Gasteiger partial charge in [0.05, 0.1) is 7.11 Å². The molecule has 0 aliphatic carbocycles. The molecule has 1 fully saturated rings. The van der Waals surface area contributed by atoms with Crippen LogP contribution in [0.3, 0.4) is 0 Å². The summed E-state index contributed by atoms with van der Waals surface area (Å²) in [5, 5.41) is 9.54. The quantitative estimate of drug-likeness (QED) is 0.609. The molecule has 2 aromatic rings. The lowest BCUT2D eigenvalue weighted by Gasteiger charge is -2.26. The average molecular weight is 363 g/mol. The Hall–Kier alpha value is -3.00. The molecule has 140 valence electrons. The molecule has 1 aliphatic rings. The zero-order chi connectivity index (χ0) is 19.4. The second-order valence-corrected chi connectivity index (χ2v) is 6.88. The van der Waals surface area contributed by atoms with Gasteiger partial charge in [0, 0.05) is 30.2 Å². The Morgan fingerprint density at radius 1 is 1.15 bits per heavy atom. The minimum Gasteiger partial charge on any atom is -0.497 e. The minimum absolute atomic E-state index is 0.161. The van der Waals surface area contributed by atoms with Crippen molar-refractivity contribution >= 4 is 12.0 Å². The molecular weight excluding hydrogens is 338 g/mol. The number of hydrogen-bond acceptors (Lipinski definition) is 3. The highest BCUT2D eigenvalue weighted by molar-refractivity contribution is 6.01. The first-order valence-electron chi connectivity index (χ1n) is 9.29. The van der Waals surface area contributed by atoms with E-state index in [2.05, 4.69) is 10.6 Å². The predicted octanol–water partition coefficient (Wildman–Crippen LogP) is 4.02. The van der Waals surface area contributed by atoms with Crippen LogP contribution in [0, 0.1) is 25.2 Å². The molecule has 0 radical (unpaired) electrons. The number of carbonyl (C=O) groups excluding carboxylic acids is 1. The van der Waals surface area contributed by atoms with E-state index in [0.717, 1.165) is 60.7 Å². The third kappa shape index (κ3) is 3.90. The highest BCUT2D eigenvalue weighted by Gasteiger charge is 2.21. The fraction of sp³-hybridized carbons (Fsp3) is 0.364. The van der Waals surface area contributed by atoms with Crippen molar-refractivity contribution in [2.24, 2.45) is 0 Å². The highest BCUT2D eigenvalue weighted by atomic mass is 16.5. The summed E-state index contributed by atoms with van der Waals surface area (Å²) in [6, 6.07) is 12.0. The minimum atomic E-state index is -0.161. The number of nitriles is 1. The maximum atomic E-state index is 12.7. The van der Waals surface area contributed by atoms with Crippen LogP contribution in [-0.4, -0.2) is 35.6 Å². The molecule has 27 heavy (non-hydrogen) atoms. The van der Waals surface area contributed by atoms with Gasteiger partial charge in [-0.3, -0.25) is 4.79 Å². The summed E-state index contributed by atoms with van der Waals surface area (Å²) in [5.74, 6) is 0.645. The second kappa shape index (κ2) is 8.13. The molecule has 1 aliphatic heterocycles. The Bertz CT molecular complexity index is 895. The van der Waals surface area contributed by atoms with E-state index < -0.39 is 0 Å². The number of rotatable bonds is 4. The first-order chi connectivity index (χ1) is 13.0. The fourth-order valence-corrected chi connectivity index (χ4v) is 3.63. The molecule has 3 rings (SSSR count). The van der Waals surface area contributed by atoms with Crippen molar-refractivity contribution in [3.05, 3.63) is 52.9 Å². The van der Waals surface area contributed by atoms with Gasteiger partial charge in [-0.25, -0.2) is 0 Å². The maximum Gasteiger partial charge on any atom is 0.264 e. The van der Waals surface area contributed by atoms with Crippen molar-refractivity contribution in [2.75, 3.05) is 20.2 Å². The Morgan fingerprint density at radius 2 is 1.81 bits per heavy atom. The number of ether oxygens (including phenoxy) is 1. The molecule has 0 unspecified atom stereocenters. The first kappa shape index (κ1) is 18.8. The molecule has 1 saturated heterocycles. The molecule has 0 bridgehead atoms. The largest absolute Gasteiger partial charge is 0.497 e. The molecule has 1 amide bonds. The summed E-state index contributed by atoms with van der Waals surface area (Å²) in [5.41, 5.74) is 4.16. The Morgan fingerprint density at radius 3 is 2.41 bits per heavy atom. The zero-order valence-corrected chi connectivity index (χ0v) is 16.2. The van der Waals surface area contributed by atoms with Crippen LogP contribution in [-0.2, 0) is 4.79 Å². The van der Waals surface area contributed by atoms with Crippen LogP contribution in [0.5, 0.6) is 5.75 Å². The van der Waals surface area contributed by atoms with Crippen molar-refractivity contribution in [1.82, 2.24) is 9.47 Å². The van der Waals surface area contributed by atoms with Crippen molar-refractivity contribution in [1.29, 1.82) is 5.26 Å². The average Bonchev–Trinajstić information content (AvgIpc) is 2.99. The van der Waals surface area contributed by atoms with Gasteiger partial charge in [-0.2, -0.15) is 5.26 Å². The van der Waals surface area contributed by atoms with Gasteiger partial charge in [0.15, 0.2) is 0 Å². The van der Waals surface area contributed by atoms with Gasteiger partial charge in [-0.15, -0.1) is 0 Å². The summed E-state index contributed by atoms with van der Waals surface area (Å²) in [6.07, 6.45) is 4.89. The van der Waals surface area contributed by atoms with Gasteiger partial charge < -0.3 is 14.2 Å². The normalized spacial score (nSPS) is 14.7. The van der Waals surface area contributed by atoms with Crippen LogP contribution >= 0.6 is 0 Å². The maximum absolute atomic E-state index is 12.7. The van der Waals surface area contributed by atoms with Crippen molar-refractivity contribution < 1.29 is 9.53 Å².